The van der Waals surface area contributed by atoms with Crippen molar-refractivity contribution >= 4 is 17.2 Å². The second kappa shape index (κ2) is 7.20. The highest BCUT2D eigenvalue weighted by molar-refractivity contribution is 7.09. The third kappa shape index (κ3) is 4.04. The van der Waals surface area contributed by atoms with Crippen LogP contribution in [0.15, 0.2) is 17.5 Å². The van der Waals surface area contributed by atoms with Crippen molar-refractivity contribution in [2.24, 2.45) is 5.92 Å². The first-order chi connectivity index (χ1) is 9.58. The molecule has 1 amide bonds. The highest BCUT2D eigenvalue weighted by Gasteiger charge is 2.28. The Balaban J connectivity index is 1.76. The molecule has 3 atom stereocenters. The van der Waals surface area contributed by atoms with Crippen LogP contribution in [0.2, 0.25) is 0 Å². The van der Waals surface area contributed by atoms with Crippen molar-refractivity contribution in [1.82, 2.24) is 10.2 Å². The predicted molar refractivity (Wildman–Crippen MR) is 81.6 cm³/mol. The molecule has 4 nitrogen and oxygen atoms in total. The Morgan fingerprint density at radius 3 is 3.00 bits per heavy atom. The topological polar surface area (TPSA) is 52.6 Å². The number of hydrogen-bond acceptors (Lipinski definition) is 4. The second-order valence-corrected chi connectivity index (χ2v) is 6.70. The number of amides is 1. The molecule has 1 aliphatic rings. The summed E-state index contributed by atoms with van der Waals surface area (Å²) >= 11 is 1.65. The fraction of sp³-hybridized carbons (Fsp3) is 0.667. The van der Waals surface area contributed by atoms with Gasteiger partial charge >= 0.3 is 0 Å². The lowest BCUT2D eigenvalue weighted by Gasteiger charge is -2.27. The van der Waals surface area contributed by atoms with Gasteiger partial charge < -0.3 is 10.4 Å². The number of nitrogens with one attached hydrogen (secondary N) is 1. The normalized spacial score (nSPS) is 24.0. The van der Waals surface area contributed by atoms with Crippen molar-refractivity contribution in [2.75, 3.05) is 13.6 Å². The number of aliphatic hydroxyl groups is 1. The minimum absolute atomic E-state index is 0.0494. The average molecular weight is 296 g/mol. The van der Waals surface area contributed by atoms with E-state index in [1.54, 1.807) is 11.3 Å². The number of carbonyl (C=O) groups is 1. The van der Waals surface area contributed by atoms with E-state index in [-0.39, 0.29) is 18.1 Å². The van der Waals surface area contributed by atoms with Gasteiger partial charge in [-0.3, -0.25) is 9.69 Å². The van der Waals surface area contributed by atoms with E-state index in [4.69, 9.17) is 0 Å². The Labute approximate surface area is 124 Å². The molecule has 0 aromatic carbocycles. The van der Waals surface area contributed by atoms with Crippen molar-refractivity contribution in [1.29, 1.82) is 0 Å². The lowest BCUT2D eigenvalue weighted by atomic mass is 10.0. The van der Waals surface area contributed by atoms with E-state index >= 15 is 0 Å². The minimum Gasteiger partial charge on any atom is -0.393 e. The van der Waals surface area contributed by atoms with Gasteiger partial charge in [-0.2, -0.15) is 0 Å². The van der Waals surface area contributed by atoms with Gasteiger partial charge in [-0.25, -0.2) is 0 Å². The van der Waals surface area contributed by atoms with E-state index in [9.17, 15) is 9.90 Å². The van der Waals surface area contributed by atoms with Crippen LogP contribution in [0, 0.1) is 5.92 Å². The van der Waals surface area contributed by atoms with Crippen LogP contribution in [0.1, 0.15) is 31.1 Å². The predicted octanol–water partition coefficient (Wildman–Crippen LogP) is 1.85. The van der Waals surface area contributed by atoms with Crippen LogP contribution in [0.5, 0.6) is 0 Å². The number of nitrogens with zero attached hydrogens (tertiary/aromatic N) is 1. The molecule has 0 saturated heterocycles. The van der Waals surface area contributed by atoms with Crippen LogP contribution in [0.3, 0.4) is 0 Å². The summed E-state index contributed by atoms with van der Waals surface area (Å²) in [7, 11) is 1.96. The first-order valence-electron chi connectivity index (χ1n) is 7.26. The van der Waals surface area contributed by atoms with Crippen LogP contribution in [-0.4, -0.2) is 41.7 Å². The first kappa shape index (κ1) is 15.5. The van der Waals surface area contributed by atoms with Gasteiger partial charge in [0.15, 0.2) is 0 Å². The van der Waals surface area contributed by atoms with Crippen LogP contribution >= 0.6 is 11.3 Å². The molecular formula is C15H24N2O2S. The summed E-state index contributed by atoms with van der Waals surface area (Å²) < 4.78 is 0. The summed E-state index contributed by atoms with van der Waals surface area (Å²) in [5.41, 5.74) is 0. The third-order valence-corrected chi connectivity index (χ3v) is 5.08. The lowest BCUT2D eigenvalue weighted by Crippen LogP contribution is -2.45. The van der Waals surface area contributed by atoms with E-state index in [1.165, 1.54) is 4.88 Å². The molecule has 0 bridgehead atoms. The zero-order chi connectivity index (χ0) is 14.5. The first-order valence-corrected chi connectivity index (χ1v) is 8.14. The fourth-order valence-corrected chi connectivity index (χ4v) is 3.34. The van der Waals surface area contributed by atoms with Crippen LogP contribution in [0.4, 0.5) is 0 Å². The summed E-state index contributed by atoms with van der Waals surface area (Å²) in [6, 6.07) is 3.85. The number of carbonyl (C=O) groups excluding carboxylic acids is 1. The highest BCUT2D eigenvalue weighted by atomic mass is 32.1. The SMILES string of the molecule is CC(C(=O)NCc1cccs1)N(C)CC1CCCC1O. The molecule has 20 heavy (non-hydrogen) atoms. The molecular weight excluding hydrogens is 272 g/mol. The molecule has 2 rings (SSSR count). The van der Waals surface area contributed by atoms with E-state index in [1.807, 2.05) is 36.4 Å². The summed E-state index contributed by atoms with van der Waals surface area (Å²) in [4.78, 5) is 15.3. The molecule has 1 heterocycles. The second-order valence-electron chi connectivity index (χ2n) is 5.67. The van der Waals surface area contributed by atoms with Crippen LogP contribution in [0.25, 0.3) is 0 Å². The number of rotatable bonds is 6. The van der Waals surface area contributed by atoms with Crippen molar-refractivity contribution in [3.05, 3.63) is 22.4 Å². The summed E-state index contributed by atoms with van der Waals surface area (Å²) in [6.07, 6.45) is 2.87. The van der Waals surface area contributed by atoms with Crippen molar-refractivity contribution in [2.45, 2.75) is 44.9 Å². The quantitative estimate of drug-likeness (QED) is 0.842. The highest BCUT2D eigenvalue weighted by Crippen LogP contribution is 2.26. The molecule has 1 aromatic rings. The van der Waals surface area contributed by atoms with Crippen molar-refractivity contribution in [3.8, 4) is 0 Å². The molecule has 1 saturated carbocycles. The smallest absolute Gasteiger partial charge is 0.237 e. The van der Waals surface area contributed by atoms with Gasteiger partial charge in [-0.1, -0.05) is 12.5 Å². The maximum atomic E-state index is 12.1. The Morgan fingerprint density at radius 1 is 1.60 bits per heavy atom. The average Bonchev–Trinajstić information content (AvgIpc) is 3.07. The Hall–Kier alpha value is -0.910. The van der Waals surface area contributed by atoms with Gasteiger partial charge in [0.05, 0.1) is 18.7 Å². The van der Waals surface area contributed by atoms with E-state index in [0.29, 0.717) is 12.5 Å². The van der Waals surface area contributed by atoms with Gasteiger partial charge in [0.2, 0.25) is 5.91 Å². The monoisotopic (exact) mass is 296 g/mol. The summed E-state index contributed by atoms with van der Waals surface area (Å²) in [5, 5.41) is 14.8. The molecule has 112 valence electrons. The van der Waals surface area contributed by atoms with Gasteiger partial charge in [0.1, 0.15) is 0 Å². The Kier molecular flexibility index (Phi) is 5.57. The molecule has 1 aliphatic carbocycles. The number of aliphatic hydroxyl groups excluding tert-OH is 1. The summed E-state index contributed by atoms with van der Waals surface area (Å²) in [6.45, 7) is 3.31. The zero-order valence-corrected chi connectivity index (χ0v) is 13.0. The van der Waals surface area contributed by atoms with Crippen molar-refractivity contribution < 1.29 is 9.90 Å². The largest absolute Gasteiger partial charge is 0.393 e. The molecule has 5 heteroatoms. The lowest BCUT2D eigenvalue weighted by molar-refractivity contribution is -0.125. The zero-order valence-electron chi connectivity index (χ0n) is 12.2. The number of likely N-dealkylation sites (N-methyl/N-ethyl adjacent to an activating group) is 1. The molecule has 2 N–H and O–H groups in total. The van der Waals surface area contributed by atoms with Gasteiger partial charge in [0, 0.05) is 11.4 Å². The molecule has 0 spiro atoms. The Bertz CT molecular complexity index is 422. The number of hydrogen-bond donors (Lipinski definition) is 2. The van der Waals surface area contributed by atoms with E-state index in [0.717, 1.165) is 25.8 Å². The molecule has 3 unspecified atom stereocenters. The minimum atomic E-state index is -0.196. The van der Waals surface area contributed by atoms with E-state index in [2.05, 4.69) is 5.32 Å². The molecule has 0 aliphatic heterocycles. The molecule has 1 aromatic heterocycles. The van der Waals surface area contributed by atoms with Crippen LogP contribution in [-0.2, 0) is 11.3 Å². The third-order valence-electron chi connectivity index (χ3n) is 4.20. The standard InChI is InChI=1S/C15H24N2O2S/c1-11(15(19)16-9-13-6-4-8-20-13)17(2)10-12-5-3-7-14(12)18/h4,6,8,11-12,14,18H,3,5,7,9-10H2,1-2H3,(H,16,19). The molecule has 1 fully saturated rings. The van der Waals surface area contributed by atoms with Gasteiger partial charge in [-0.15, -0.1) is 11.3 Å². The Morgan fingerprint density at radius 2 is 2.40 bits per heavy atom. The number of thiophene rings is 1. The van der Waals surface area contributed by atoms with E-state index < -0.39 is 0 Å². The maximum absolute atomic E-state index is 12.1. The maximum Gasteiger partial charge on any atom is 0.237 e. The van der Waals surface area contributed by atoms with Gasteiger partial charge in [-0.05, 0) is 44.2 Å². The fourth-order valence-electron chi connectivity index (χ4n) is 2.69. The van der Waals surface area contributed by atoms with Gasteiger partial charge in [0.25, 0.3) is 0 Å². The summed E-state index contributed by atoms with van der Waals surface area (Å²) in [5.74, 6) is 0.362. The molecule has 0 radical (unpaired) electrons. The van der Waals surface area contributed by atoms with Crippen LogP contribution < -0.4 is 5.32 Å². The van der Waals surface area contributed by atoms with Crippen molar-refractivity contribution in [3.63, 3.8) is 0 Å².